The van der Waals surface area contributed by atoms with E-state index in [9.17, 15) is 8.60 Å². The second kappa shape index (κ2) is 5.53. The van der Waals surface area contributed by atoms with Gasteiger partial charge in [0.05, 0.1) is 15.7 Å². The van der Waals surface area contributed by atoms with Crippen LogP contribution in [0.2, 0.25) is 0 Å². The summed E-state index contributed by atoms with van der Waals surface area (Å²) in [5.41, 5.74) is 1.75. The average Bonchev–Trinajstić information content (AvgIpc) is 2.74. The van der Waals surface area contributed by atoms with E-state index in [1.54, 1.807) is 19.1 Å². The normalized spacial score (nSPS) is 12.8. The lowest BCUT2D eigenvalue weighted by atomic mass is 10.2. The minimum absolute atomic E-state index is 0.392. The van der Waals surface area contributed by atoms with E-state index in [-0.39, 0.29) is 0 Å². The zero-order chi connectivity index (χ0) is 15.1. The highest BCUT2D eigenvalue weighted by Crippen LogP contribution is 2.34. The first kappa shape index (κ1) is 14.7. The Morgan fingerprint density at radius 1 is 1.19 bits per heavy atom. The first-order valence-corrected chi connectivity index (χ1v) is 8.57. The summed E-state index contributed by atoms with van der Waals surface area (Å²) >= 11 is 2.22. The zero-order valence-electron chi connectivity index (χ0n) is 11.4. The van der Waals surface area contributed by atoms with E-state index < -0.39 is 16.6 Å². The molecule has 0 amide bonds. The van der Waals surface area contributed by atoms with Crippen LogP contribution in [0.5, 0.6) is 0 Å². The van der Waals surface area contributed by atoms with Crippen molar-refractivity contribution in [2.75, 3.05) is 0 Å². The van der Waals surface area contributed by atoms with Gasteiger partial charge in [-0.2, -0.15) is 0 Å². The van der Waals surface area contributed by atoms with Crippen LogP contribution in [0.1, 0.15) is 11.3 Å². The molecule has 3 rings (SSSR count). The lowest BCUT2D eigenvalue weighted by Gasteiger charge is -2.02. The quantitative estimate of drug-likeness (QED) is 0.555. The molecule has 5 heteroatoms. The van der Waals surface area contributed by atoms with Gasteiger partial charge in [0.2, 0.25) is 0 Å². The minimum Gasteiger partial charge on any atom is -0.460 e. The number of rotatable bonds is 2. The van der Waals surface area contributed by atoms with Crippen molar-refractivity contribution in [1.82, 2.24) is 0 Å². The zero-order valence-corrected chi connectivity index (χ0v) is 14.4. The maximum absolute atomic E-state index is 13.4. The Hall–Kier alpha value is -1.21. The number of halogens is 2. The molecule has 0 saturated heterocycles. The summed E-state index contributed by atoms with van der Waals surface area (Å²) in [6.45, 7) is 3.75. The van der Waals surface area contributed by atoms with Gasteiger partial charge < -0.3 is 4.42 Å². The van der Waals surface area contributed by atoms with Crippen molar-refractivity contribution in [1.29, 1.82) is 0 Å². The Kier molecular flexibility index (Phi) is 3.88. The number of fused-ring (bicyclic) bond motifs is 1. The Labute approximate surface area is 137 Å². The van der Waals surface area contributed by atoms with Gasteiger partial charge in [-0.1, -0.05) is 6.07 Å². The molecule has 3 aromatic rings. The lowest BCUT2D eigenvalue weighted by Crippen LogP contribution is -1.94. The summed E-state index contributed by atoms with van der Waals surface area (Å²) in [5.74, 6) is 0.217. The SMILES string of the molecule is Cc1oc2c(C)cc(I)cc2c1[S@@](=O)c1cccc(F)c1. The molecule has 1 heterocycles. The van der Waals surface area contributed by atoms with Crippen molar-refractivity contribution >= 4 is 44.4 Å². The van der Waals surface area contributed by atoms with Crippen LogP contribution >= 0.6 is 22.6 Å². The topological polar surface area (TPSA) is 30.2 Å². The maximum Gasteiger partial charge on any atom is 0.138 e. The molecule has 0 saturated carbocycles. The van der Waals surface area contributed by atoms with Gasteiger partial charge >= 0.3 is 0 Å². The molecule has 2 aromatic carbocycles. The second-order valence-corrected chi connectivity index (χ2v) is 7.48. The van der Waals surface area contributed by atoms with Gasteiger partial charge in [0.15, 0.2) is 0 Å². The van der Waals surface area contributed by atoms with Crippen LogP contribution in [0.3, 0.4) is 0 Å². The summed E-state index contributed by atoms with van der Waals surface area (Å²) in [4.78, 5) is 1.06. The molecule has 21 heavy (non-hydrogen) atoms. The molecule has 0 aliphatic heterocycles. The first-order chi connectivity index (χ1) is 9.97. The Morgan fingerprint density at radius 2 is 1.95 bits per heavy atom. The van der Waals surface area contributed by atoms with Crippen LogP contribution in [-0.2, 0) is 10.8 Å². The molecule has 0 spiro atoms. The molecule has 0 bridgehead atoms. The van der Waals surface area contributed by atoms with Crippen LogP contribution in [0, 0.1) is 23.2 Å². The molecule has 2 nitrogen and oxygen atoms in total. The molecule has 108 valence electrons. The van der Waals surface area contributed by atoms with Crippen LogP contribution < -0.4 is 0 Å². The van der Waals surface area contributed by atoms with Crippen molar-refractivity contribution in [2.24, 2.45) is 0 Å². The number of aryl methyl sites for hydroxylation is 2. The van der Waals surface area contributed by atoms with E-state index >= 15 is 0 Å². The number of benzene rings is 2. The molecule has 0 aliphatic rings. The molecule has 0 aliphatic carbocycles. The van der Waals surface area contributed by atoms with Gasteiger partial charge in [-0.15, -0.1) is 0 Å². The highest BCUT2D eigenvalue weighted by molar-refractivity contribution is 14.1. The van der Waals surface area contributed by atoms with E-state index in [1.165, 1.54) is 12.1 Å². The molecule has 0 unspecified atom stereocenters. The fraction of sp³-hybridized carbons (Fsp3) is 0.125. The fourth-order valence-electron chi connectivity index (χ4n) is 2.35. The lowest BCUT2D eigenvalue weighted by molar-refractivity contribution is 0.564. The Balaban J connectivity index is 2.25. The van der Waals surface area contributed by atoms with E-state index in [2.05, 4.69) is 22.6 Å². The molecular formula is C16H12FIO2S. The summed E-state index contributed by atoms with van der Waals surface area (Å²) < 4.78 is 33.0. The van der Waals surface area contributed by atoms with Crippen LogP contribution in [0.4, 0.5) is 4.39 Å². The standard InChI is InChI=1S/C16H12FIO2S/c1-9-6-12(18)8-14-15(9)20-10(2)16(14)21(19)13-5-3-4-11(17)7-13/h3-8H,1-2H3/t21-/m0/s1. The van der Waals surface area contributed by atoms with Crippen LogP contribution in [-0.4, -0.2) is 4.21 Å². The van der Waals surface area contributed by atoms with E-state index in [1.807, 2.05) is 19.1 Å². The summed E-state index contributed by atoms with van der Waals surface area (Å²) in [6, 6.07) is 9.84. The maximum atomic E-state index is 13.4. The first-order valence-electron chi connectivity index (χ1n) is 6.34. The largest absolute Gasteiger partial charge is 0.460 e. The molecule has 1 atom stereocenters. The van der Waals surface area contributed by atoms with Crippen molar-refractivity contribution in [3.63, 3.8) is 0 Å². The molecule has 0 radical (unpaired) electrons. The fourth-order valence-corrected chi connectivity index (χ4v) is 4.44. The number of hydrogen-bond acceptors (Lipinski definition) is 2. The highest BCUT2D eigenvalue weighted by Gasteiger charge is 2.20. The summed E-state index contributed by atoms with van der Waals surface area (Å²) in [7, 11) is -1.47. The van der Waals surface area contributed by atoms with Crippen molar-refractivity contribution in [3.8, 4) is 0 Å². The Morgan fingerprint density at radius 3 is 2.67 bits per heavy atom. The van der Waals surface area contributed by atoms with Crippen molar-refractivity contribution in [3.05, 3.63) is 57.1 Å². The smallest absolute Gasteiger partial charge is 0.138 e. The summed E-state index contributed by atoms with van der Waals surface area (Å²) in [5, 5.41) is 0.833. The van der Waals surface area contributed by atoms with Gasteiger partial charge in [0, 0.05) is 13.9 Å². The van der Waals surface area contributed by atoms with Gasteiger partial charge in [-0.25, -0.2) is 8.60 Å². The minimum atomic E-state index is -1.47. The van der Waals surface area contributed by atoms with E-state index in [0.717, 1.165) is 20.1 Å². The average molecular weight is 414 g/mol. The molecular weight excluding hydrogens is 402 g/mol. The highest BCUT2D eigenvalue weighted by atomic mass is 127. The van der Waals surface area contributed by atoms with Gasteiger partial charge in [0.25, 0.3) is 0 Å². The van der Waals surface area contributed by atoms with Crippen LogP contribution in [0.25, 0.3) is 11.0 Å². The molecule has 0 fully saturated rings. The van der Waals surface area contributed by atoms with Crippen molar-refractivity contribution in [2.45, 2.75) is 23.6 Å². The van der Waals surface area contributed by atoms with E-state index in [0.29, 0.717) is 15.6 Å². The number of hydrogen-bond donors (Lipinski definition) is 0. The van der Waals surface area contributed by atoms with Gasteiger partial charge in [-0.3, -0.25) is 0 Å². The van der Waals surface area contributed by atoms with Crippen molar-refractivity contribution < 1.29 is 13.0 Å². The van der Waals surface area contributed by atoms with E-state index in [4.69, 9.17) is 4.42 Å². The molecule has 1 aromatic heterocycles. The third-order valence-electron chi connectivity index (χ3n) is 3.25. The predicted molar refractivity (Wildman–Crippen MR) is 89.5 cm³/mol. The van der Waals surface area contributed by atoms with Crippen LogP contribution in [0.15, 0.2) is 50.6 Å². The van der Waals surface area contributed by atoms with Gasteiger partial charge in [0.1, 0.15) is 17.2 Å². The summed E-state index contributed by atoms with van der Waals surface area (Å²) in [6.07, 6.45) is 0. The predicted octanol–water partition coefficient (Wildman–Crippen LogP) is 4.96. The molecule has 0 N–H and O–H groups in total. The number of furan rings is 1. The third kappa shape index (κ3) is 2.64. The Bertz CT molecular complexity index is 870. The van der Waals surface area contributed by atoms with Gasteiger partial charge in [-0.05, 0) is 72.3 Å². The second-order valence-electron chi connectivity index (χ2n) is 4.81. The third-order valence-corrected chi connectivity index (χ3v) is 5.44. The monoisotopic (exact) mass is 414 g/mol.